The van der Waals surface area contributed by atoms with Crippen molar-refractivity contribution in [3.05, 3.63) is 35.4 Å². The van der Waals surface area contributed by atoms with Gasteiger partial charge in [0.15, 0.2) is 0 Å². The number of hydrogen-bond acceptors (Lipinski definition) is 2. The Labute approximate surface area is 128 Å². The van der Waals surface area contributed by atoms with Crippen LogP contribution < -0.4 is 0 Å². The van der Waals surface area contributed by atoms with E-state index in [1.165, 1.54) is 0 Å². The van der Waals surface area contributed by atoms with Gasteiger partial charge in [0, 0.05) is 30.6 Å². The summed E-state index contributed by atoms with van der Waals surface area (Å²) < 4.78 is 0. The molecule has 0 fully saturated rings. The average molecular weight is 287 g/mol. The van der Waals surface area contributed by atoms with E-state index < -0.39 is 0 Å². The lowest BCUT2D eigenvalue weighted by Crippen LogP contribution is -2.42. The van der Waals surface area contributed by atoms with Crippen LogP contribution in [0.15, 0.2) is 24.3 Å². The summed E-state index contributed by atoms with van der Waals surface area (Å²) in [5.41, 5.74) is 1.56. The number of nitrogens with zero attached hydrogens (tertiary/aromatic N) is 1. The molecule has 0 aliphatic rings. The van der Waals surface area contributed by atoms with Crippen LogP contribution in [0.4, 0.5) is 0 Å². The van der Waals surface area contributed by atoms with Crippen LogP contribution in [0.5, 0.6) is 0 Å². The summed E-state index contributed by atoms with van der Waals surface area (Å²) >= 11 is 0. The second-order valence-electron chi connectivity index (χ2n) is 6.31. The molecule has 1 amide bonds. The van der Waals surface area contributed by atoms with E-state index in [-0.39, 0.29) is 24.0 Å². The second-order valence-corrected chi connectivity index (χ2v) is 6.31. The normalized spacial score (nSPS) is 12.3. The van der Waals surface area contributed by atoms with Crippen molar-refractivity contribution in [1.29, 1.82) is 0 Å². The molecule has 0 aliphatic carbocycles. The van der Waals surface area contributed by atoms with Crippen molar-refractivity contribution in [1.82, 2.24) is 4.90 Å². The van der Waals surface area contributed by atoms with E-state index in [0.29, 0.717) is 12.0 Å². The number of rotatable bonds is 3. The number of amides is 1. The predicted octanol–water partition coefficient (Wildman–Crippen LogP) is 2.93. The lowest BCUT2D eigenvalue weighted by atomic mass is 9.87. The molecule has 0 saturated carbocycles. The van der Waals surface area contributed by atoms with Gasteiger partial charge in [-0.1, -0.05) is 32.6 Å². The predicted molar refractivity (Wildman–Crippen MR) is 86.0 cm³/mol. The van der Waals surface area contributed by atoms with Gasteiger partial charge in [-0.05, 0) is 36.6 Å². The zero-order chi connectivity index (χ0) is 16.0. The molecule has 3 nitrogen and oxygen atoms in total. The van der Waals surface area contributed by atoms with Gasteiger partial charge in [-0.25, -0.2) is 0 Å². The first-order valence-electron chi connectivity index (χ1n) is 7.24. The van der Waals surface area contributed by atoms with Gasteiger partial charge in [-0.2, -0.15) is 0 Å². The average Bonchev–Trinajstić information content (AvgIpc) is 2.45. The minimum absolute atomic E-state index is 0.0206. The van der Waals surface area contributed by atoms with Crippen molar-refractivity contribution >= 4 is 5.91 Å². The van der Waals surface area contributed by atoms with Crippen molar-refractivity contribution in [3.63, 3.8) is 0 Å². The summed E-state index contributed by atoms with van der Waals surface area (Å²) in [6.45, 7) is 8.51. The number of carbonyl (C=O) groups excluding carboxylic acids is 1. The minimum atomic E-state index is 0.0206. The fourth-order valence-electron chi connectivity index (χ4n) is 1.88. The van der Waals surface area contributed by atoms with Crippen LogP contribution in [0.25, 0.3) is 0 Å². The molecule has 0 radical (unpaired) electrons. The maximum Gasteiger partial charge on any atom is 0.253 e. The molecule has 21 heavy (non-hydrogen) atoms. The van der Waals surface area contributed by atoms with E-state index in [9.17, 15) is 4.79 Å². The molecule has 0 aliphatic heterocycles. The second kappa shape index (κ2) is 7.28. The maximum absolute atomic E-state index is 12.5. The number of carbonyl (C=O) groups is 1. The highest BCUT2D eigenvalue weighted by atomic mass is 16.2. The van der Waals surface area contributed by atoms with Gasteiger partial charge in [-0.3, -0.25) is 4.79 Å². The van der Waals surface area contributed by atoms with E-state index in [1.807, 2.05) is 19.2 Å². The summed E-state index contributed by atoms with van der Waals surface area (Å²) in [7, 11) is 1.84. The molecule has 0 bridgehead atoms. The number of aliphatic hydroxyl groups excluding tert-OH is 1. The first-order chi connectivity index (χ1) is 9.77. The zero-order valence-electron chi connectivity index (χ0n) is 13.6. The molecule has 1 aromatic carbocycles. The topological polar surface area (TPSA) is 40.5 Å². The van der Waals surface area contributed by atoms with Crippen molar-refractivity contribution in [3.8, 4) is 11.8 Å². The van der Waals surface area contributed by atoms with Gasteiger partial charge < -0.3 is 10.0 Å². The molecule has 3 heteroatoms. The first kappa shape index (κ1) is 17.3. The molecule has 0 saturated heterocycles. The monoisotopic (exact) mass is 287 g/mol. The Morgan fingerprint density at radius 3 is 2.33 bits per heavy atom. The van der Waals surface area contributed by atoms with Crippen molar-refractivity contribution < 1.29 is 9.90 Å². The van der Waals surface area contributed by atoms with Gasteiger partial charge in [0.1, 0.15) is 0 Å². The minimum Gasteiger partial charge on any atom is -0.395 e. The van der Waals surface area contributed by atoms with Gasteiger partial charge in [0.05, 0.1) is 6.61 Å². The summed E-state index contributed by atoms with van der Waals surface area (Å²) in [4.78, 5) is 14.2. The fraction of sp³-hybridized carbons (Fsp3) is 0.500. The third-order valence-corrected chi connectivity index (χ3v) is 3.76. The van der Waals surface area contributed by atoms with Gasteiger partial charge in [-0.15, -0.1) is 0 Å². The summed E-state index contributed by atoms with van der Waals surface area (Å²) in [6.07, 6.45) is 0.465. The molecular formula is C18H25NO2. The zero-order valence-corrected chi connectivity index (χ0v) is 13.6. The molecule has 114 valence electrons. The third-order valence-electron chi connectivity index (χ3n) is 3.76. The standard InChI is InChI=1S/C18H25NO2/c1-14(18(2,3)4)19(5)17(21)16-11-9-15(10-12-16)8-6-7-13-20/h9-12,14,20H,7,13H2,1-5H3. The smallest absolute Gasteiger partial charge is 0.253 e. The van der Waals surface area contributed by atoms with Crippen LogP contribution in [0.1, 0.15) is 50.0 Å². The molecule has 1 aromatic rings. The lowest BCUT2D eigenvalue weighted by Gasteiger charge is -2.35. The maximum atomic E-state index is 12.5. The lowest BCUT2D eigenvalue weighted by molar-refractivity contribution is 0.0629. The summed E-state index contributed by atoms with van der Waals surface area (Å²) in [5.74, 6) is 5.84. The highest BCUT2D eigenvalue weighted by molar-refractivity contribution is 5.94. The fourth-order valence-corrected chi connectivity index (χ4v) is 1.88. The molecule has 0 aromatic heterocycles. The van der Waals surface area contributed by atoms with Crippen LogP contribution in [0, 0.1) is 17.3 Å². The van der Waals surface area contributed by atoms with Crippen LogP contribution in [-0.4, -0.2) is 35.6 Å². The molecule has 0 heterocycles. The third kappa shape index (κ3) is 4.91. The van der Waals surface area contributed by atoms with Crippen LogP contribution in [-0.2, 0) is 0 Å². The molecular weight excluding hydrogens is 262 g/mol. The van der Waals surface area contributed by atoms with Gasteiger partial charge >= 0.3 is 0 Å². The Morgan fingerprint density at radius 2 is 1.86 bits per heavy atom. The Bertz CT molecular complexity index is 529. The molecule has 1 unspecified atom stereocenters. The van der Waals surface area contributed by atoms with Crippen LogP contribution in [0.2, 0.25) is 0 Å². The van der Waals surface area contributed by atoms with Gasteiger partial charge in [0.2, 0.25) is 0 Å². The molecule has 1 rings (SSSR count). The first-order valence-corrected chi connectivity index (χ1v) is 7.24. The number of hydrogen-bond donors (Lipinski definition) is 1. The summed E-state index contributed by atoms with van der Waals surface area (Å²) in [6, 6.07) is 7.43. The Morgan fingerprint density at radius 1 is 1.29 bits per heavy atom. The van der Waals surface area contributed by atoms with E-state index in [1.54, 1.807) is 17.0 Å². The van der Waals surface area contributed by atoms with E-state index in [2.05, 4.69) is 39.5 Å². The largest absolute Gasteiger partial charge is 0.395 e. The number of aliphatic hydroxyl groups is 1. The molecule has 1 atom stereocenters. The van der Waals surface area contributed by atoms with Crippen molar-refractivity contribution in [2.75, 3.05) is 13.7 Å². The quantitative estimate of drug-likeness (QED) is 0.868. The van der Waals surface area contributed by atoms with Gasteiger partial charge in [0.25, 0.3) is 5.91 Å². The highest BCUT2D eigenvalue weighted by Gasteiger charge is 2.27. The van der Waals surface area contributed by atoms with Crippen molar-refractivity contribution in [2.45, 2.75) is 40.2 Å². The van der Waals surface area contributed by atoms with Crippen LogP contribution in [0.3, 0.4) is 0 Å². The molecule has 1 N–H and O–H groups in total. The Hall–Kier alpha value is -1.79. The Kier molecular flexibility index (Phi) is 5.99. The summed E-state index contributed by atoms with van der Waals surface area (Å²) in [5, 5.41) is 8.69. The van der Waals surface area contributed by atoms with E-state index in [0.717, 1.165) is 5.56 Å². The SMILES string of the molecule is CC(N(C)C(=O)c1ccc(C#CCCO)cc1)C(C)(C)C. The van der Waals surface area contributed by atoms with Crippen molar-refractivity contribution in [2.24, 2.45) is 5.41 Å². The number of benzene rings is 1. The Balaban J connectivity index is 2.83. The van der Waals surface area contributed by atoms with Crippen LogP contribution >= 0.6 is 0 Å². The van der Waals surface area contributed by atoms with E-state index in [4.69, 9.17) is 5.11 Å². The molecule has 0 spiro atoms. The van der Waals surface area contributed by atoms with E-state index >= 15 is 0 Å². The highest BCUT2D eigenvalue weighted by Crippen LogP contribution is 2.24.